The summed E-state index contributed by atoms with van der Waals surface area (Å²) >= 11 is 0. The zero-order chi connectivity index (χ0) is 13.9. The van der Waals surface area contributed by atoms with E-state index in [2.05, 4.69) is 63.3 Å². The van der Waals surface area contributed by atoms with Crippen LogP contribution in [0.4, 0.5) is 0 Å². The lowest BCUT2D eigenvalue weighted by atomic mass is 9.79. The van der Waals surface area contributed by atoms with Gasteiger partial charge in [-0.05, 0) is 55.5 Å². The second kappa shape index (κ2) is 6.09. The lowest BCUT2D eigenvalue weighted by Gasteiger charge is -2.29. The Bertz CT molecular complexity index is 382. The fraction of sp³-hybridized carbons (Fsp3) is 0.667. The average molecular weight is 259 g/mol. The van der Waals surface area contributed by atoms with E-state index in [-0.39, 0.29) is 0 Å². The molecular weight excluding hydrogens is 230 g/mol. The van der Waals surface area contributed by atoms with E-state index in [0.717, 1.165) is 18.4 Å². The molecule has 0 aromatic heterocycles. The van der Waals surface area contributed by atoms with E-state index in [0.29, 0.717) is 11.5 Å². The van der Waals surface area contributed by atoms with Crippen LogP contribution in [0.3, 0.4) is 0 Å². The highest BCUT2D eigenvalue weighted by atomic mass is 14.9. The molecule has 1 aromatic rings. The van der Waals surface area contributed by atoms with Crippen LogP contribution in [-0.2, 0) is 0 Å². The van der Waals surface area contributed by atoms with E-state index in [1.807, 2.05) is 0 Å². The van der Waals surface area contributed by atoms with Crippen LogP contribution < -0.4 is 5.32 Å². The van der Waals surface area contributed by atoms with Gasteiger partial charge in [-0.25, -0.2) is 0 Å². The summed E-state index contributed by atoms with van der Waals surface area (Å²) in [7, 11) is 0. The van der Waals surface area contributed by atoms with Gasteiger partial charge < -0.3 is 5.32 Å². The van der Waals surface area contributed by atoms with Gasteiger partial charge in [0.1, 0.15) is 0 Å². The summed E-state index contributed by atoms with van der Waals surface area (Å²) in [5, 5.41) is 3.63. The number of hydrogen-bond donors (Lipinski definition) is 1. The van der Waals surface area contributed by atoms with Crippen LogP contribution in [-0.4, -0.2) is 12.6 Å². The molecule has 1 N–H and O–H groups in total. The molecule has 0 bridgehead atoms. The van der Waals surface area contributed by atoms with Crippen molar-refractivity contribution < 1.29 is 0 Å². The Labute approximate surface area is 118 Å². The number of hydrogen-bond acceptors (Lipinski definition) is 1. The van der Waals surface area contributed by atoms with Crippen molar-refractivity contribution in [2.24, 2.45) is 11.3 Å². The molecule has 1 fully saturated rings. The summed E-state index contributed by atoms with van der Waals surface area (Å²) < 4.78 is 0. The summed E-state index contributed by atoms with van der Waals surface area (Å²) in [5.41, 5.74) is 1.98. The zero-order valence-corrected chi connectivity index (χ0v) is 12.9. The highest BCUT2D eigenvalue weighted by Crippen LogP contribution is 2.58. The molecular formula is C18H29N. The molecule has 0 aliphatic heterocycles. The van der Waals surface area contributed by atoms with Gasteiger partial charge in [0.25, 0.3) is 0 Å². The second-order valence-corrected chi connectivity index (χ2v) is 6.91. The zero-order valence-electron chi connectivity index (χ0n) is 12.9. The molecule has 0 spiro atoms. The summed E-state index contributed by atoms with van der Waals surface area (Å²) in [6.07, 6.45) is 3.87. The minimum atomic E-state index is 0.445. The van der Waals surface area contributed by atoms with Crippen molar-refractivity contribution in [1.29, 1.82) is 0 Å². The van der Waals surface area contributed by atoms with Gasteiger partial charge >= 0.3 is 0 Å². The van der Waals surface area contributed by atoms with Crippen molar-refractivity contribution in [2.45, 2.75) is 58.9 Å². The molecule has 0 radical (unpaired) electrons. The SMILES string of the molecule is CCCNC(C)CC(C)(C)C1CC1c1ccccc1. The first kappa shape index (κ1) is 14.6. The predicted molar refractivity (Wildman–Crippen MR) is 83.4 cm³/mol. The molecule has 1 aliphatic carbocycles. The van der Waals surface area contributed by atoms with E-state index < -0.39 is 0 Å². The van der Waals surface area contributed by atoms with Crippen molar-refractivity contribution >= 4 is 0 Å². The summed E-state index contributed by atoms with van der Waals surface area (Å²) in [5.74, 6) is 1.66. The van der Waals surface area contributed by atoms with Crippen molar-refractivity contribution in [3.05, 3.63) is 35.9 Å². The largest absolute Gasteiger partial charge is 0.314 e. The summed E-state index contributed by atoms with van der Waals surface area (Å²) in [6.45, 7) is 10.6. The van der Waals surface area contributed by atoms with E-state index >= 15 is 0 Å². The van der Waals surface area contributed by atoms with Crippen LogP contribution in [0, 0.1) is 11.3 Å². The highest BCUT2D eigenvalue weighted by molar-refractivity contribution is 5.26. The molecule has 0 saturated heterocycles. The first-order valence-corrected chi connectivity index (χ1v) is 7.83. The summed E-state index contributed by atoms with van der Waals surface area (Å²) in [6, 6.07) is 11.7. The molecule has 3 unspecified atom stereocenters. The van der Waals surface area contributed by atoms with Crippen molar-refractivity contribution in [3.63, 3.8) is 0 Å². The van der Waals surface area contributed by atoms with Crippen LogP contribution in [0.15, 0.2) is 30.3 Å². The third kappa shape index (κ3) is 3.82. The Morgan fingerprint density at radius 1 is 1.26 bits per heavy atom. The van der Waals surface area contributed by atoms with Crippen LogP contribution in [0.5, 0.6) is 0 Å². The summed E-state index contributed by atoms with van der Waals surface area (Å²) in [4.78, 5) is 0. The van der Waals surface area contributed by atoms with Crippen molar-refractivity contribution in [1.82, 2.24) is 5.32 Å². The molecule has 19 heavy (non-hydrogen) atoms. The Hall–Kier alpha value is -0.820. The third-order valence-corrected chi connectivity index (χ3v) is 4.60. The molecule has 1 aliphatic rings. The van der Waals surface area contributed by atoms with Crippen molar-refractivity contribution in [2.75, 3.05) is 6.54 Å². The van der Waals surface area contributed by atoms with Gasteiger partial charge in [0.2, 0.25) is 0 Å². The molecule has 1 aromatic carbocycles. The maximum absolute atomic E-state index is 3.63. The quantitative estimate of drug-likeness (QED) is 0.755. The Balaban J connectivity index is 1.88. The van der Waals surface area contributed by atoms with E-state index in [1.54, 1.807) is 0 Å². The fourth-order valence-electron chi connectivity index (χ4n) is 3.53. The number of benzene rings is 1. The molecule has 1 saturated carbocycles. The molecule has 3 atom stereocenters. The van der Waals surface area contributed by atoms with Gasteiger partial charge in [-0.3, -0.25) is 0 Å². The molecule has 1 nitrogen and oxygen atoms in total. The first-order chi connectivity index (χ1) is 9.04. The van der Waals surface area contributed by atoms with Gasteiger partial charge in [-0.15, -0.1) is 0 Å². The molecule has 0 heterocycles. The van der Waals surface area contributed by atoms with Crippen LogP contribution >= 0.6 is 0 Å². The molecule has 0 amide bonds. The van der Waals surface area contributed by atoms with Gasteiger partial charge in [0, 0.05) is 6.04 Å². The minimum Gasteiger partial charge on any atom is -0.314 e. The van der Waals surface area contributed by atoms with Gasteiger partial charge in [-0.1, -0.05) is 51.1 Å². The van der Waals surface area contributed by atoms with Gasteiger partial charge in [0.05, 0.1) is 0 Å². The normalized spacial score (nSPS) is 24.2. The Morgan fingerprint density at radius 3 is 2.58 bits per heavy atom. The Morgan fingerprint density at radius 2 is 1.95 bits per heavy atom. The standard InChI is InChI=1S/C18H29N/c1-5-11-19-14(2)13-18(3,4)17-12-16(17)15-9-7-6-8-10-15/h6-10,14,16-17,19H,5,11-13H2,1-4H3. The minimum absolute atomic E-state index is 0.445. The van der Waals surface area contributed by atoms with Gasteiger partial charge in [0.15, 0.2) is 0 Å². The van der Waals surface area contributed by atoms with Crippen molar-refractivity contribution in [3.8, 4) is 0 Å². The average Bonchev–Trinajstić information content (AvgIpc) is 3.18. The maximum Gasteiger partial charge on any atom is 0.00439 e. The van der Waals surface area contributed by atoms with Crippen LogP contribution in [0.2, 0.25) is 0 Å². The third-order valence-electron chi connectivity index (χ3n) is 4.60. The number of nitrogens with one attached hydrogen (secondary N) is 1. The maximum atomic E-state index is 3.63. The predicted octanol–water partition coefficient (Wildman–Crippen LogP) is 4.59. The lowest BCUT2D eigenvalue weighted by Crippen LogP contribution is -2.32. The fourth-order valence-corrected chi connectivity index (χ4v) is 3.53. The molecule has 1 heteroatoms. The van der Waals surface area contributed by atoms with Crippen LogP contribution in [0.25, 0.3) is 0 Å². The monoisotopic (exact) mass is 259 g/mol. The lowest BCUT2D eigenvalue weighted by molar-refractivity contribution is 0.244. The molecule has 106 valence electrons. The number of rotatable bonds is 7. The highest BCUT2D eigenvalue weighted by Gasteiger charge is 2.48. The van der Waals surface area contributed by atoms with E-state index in [4.69, 9.17) is 0 Å². The van der Waals surface area contributed by atoms with E-state index in [1.165, 1.54) is 24.8 Å². The molecule has 2 rings (SSSR count). The van der Waals surface area contributed by atoms with Crippen LogP contribution in [0.1, 0.15) is 58.4 Å². The van der Waals surface area contributed by atoms with Gasteiger partial charge in [-0.2, -0.15) is 0 Å². The topological polar surface area (TPSA) is 12.0 Å². The Kier molecular flexibility index (Phi) is 4.67. The first-order valence-electron chi connectivity index (χ1n) is 7.83. The smallest absolute Gasteiger partial charge is 0.00439 e. The second-order valence-electron chi connectivity index (χ2n) is 6.91. The van der Waals surface area contributed by atoms with E-state index in [9.17, 15) is 0 Å².